The Morgan fingerprint density at radius 1 is 1.10 bits per heavy atom. The summed E-state index contributed by atoms with van der Waals surface area (Å²) in [5.74, 6) is 1.51. The summed E-state index contributed by atoms with van der Waals surface area (Å²) in [6.07, 6.45) is 6.96. The molecule has 2 fully saturated rings. The smallest absolute Gasteiger partial charge is 0.215 e. The average molecular weight is 290 g/mol. The lowest BCUT2D eigenvalue weighted by Gasteiger charge is -2.41. The fourth-order valence-corrected chi connectivity index (χ4v) is 3.55. The topological polar surface area (TPSA) is 54.6 Å². The molecule has 1 aromatic rings. The van der Waals surface area contributed by atoms with Gasteiger partial charge in [0.05, 0.1) is 12.8 Å². The highest BCUT2D eigenvalue weighted by molar-refractivity contribution is 5.63. The molecule has 0 unspecified atom stereocenters. The molecule has 1 aliphatic heterocycles. The maximum atomic E-state index is 6.08. The summed E-state index contributed by atoms with van der Waals surface area (Å²) >= 11 is 0. The van der Waals surface area contributed by atoms with Crippen LogP contribution in [-0.2, 0) is 0 Å². The van der Waals surface area contributed by atoms with Crippen LogP contribution in [0.2, 0.25) is 0 Å². The lowest BCUT2D eigenvalue weighted by atomic mass is 9.94. The second-order valence-corrected chi connectivity index (χ2v) is 6.08. The third-order valence-electron chi connectivity index (χ3n) is 4.79. The molecule has 0 spiro atoms. The molecule has 2 N–H and O–H groups in total. The second kappa shape index (κ2) is 6.52. The number of methoxy groups -OCH3 is 1. The van der Waals surface area contributed by atoms with E-state index in [0.717, 1.165) is 43.7 Å². The molecule has 0 atom stereocenters. The largest absolute Gasteiger partial charge is 0.481 e. The van der Waals surface area contributed by atoms with Crippen LogP contribution in [-0.4, -0.2) is 49.2 Å². The van der Waals surface area contributed by atoms with Gasteiger partial charge in [0.1, 0.15) is 0 Å². The van der Waals surface area contributed by atoms with Gasteiger partial charge in [0.25, 0.3) is 0 Å². The first-order chi connectivity index (χ1) is 10.3. The lowest BCUT2D eigenvalue weighted by molar-refractivity contribution is 0.147. The van der Waals surface area contributed by atoms with Gasteiger partial charge in [0.15, 0.2) is 5.82 Å². The zero-order valence-electron chi connectivity index (χ0n) is 12.9. The van der Waals surface area contributed by atoms with E-state index in [0.29, 0.717) is 5.88 Å². The Morgan fingerprint density at radius 3 is 2.48 bits per heavy atom. The number of rotatable bonds is 3. The van der Waals surface area contributed by atoms with Crippen molar-refractivity contribution >= 4 is 11.5 Å². The van der Waals surface area contributed by atoms with Gasteiger partial charge in [-0.15, -0.1) is 0 Å². The van der Waals surface area contributed by atoms with Crippen molar-refractivity contribution in [2.45, 2.75) is 38.1 Å². The minimum absolute atomic E-state index is 0.633. The van der Waals surface area contributed by atoms with Crippen LogP contribution in [0.4, 0.5) is 11.5 Å². The number of nitrogens with two attached hydrogens (primary N) is 1. The maximum Gasteiger partial charge on any atom is 0.215 e. The summed E-state index contributed by atoms with van der Waals surface area (Å²) in [4.78, 5) is 9.46. The van der Waals surface area contributed by atoms with E-state index in [-0.39, 0.29) is 0 Å². The minimum atomic E-state index is 0.633. The van der Waals surface area contributed by atoms with Crippen LogP contribution in [0, 0.1) is 0 Å². The minimum Gasteiger partial charge on any atom is -0.481 e. The van der Waals surface area contributed by atoms with Gasteiger partial charge in [-0.3, -0.25) is 4.90 Å². The standard InChI is InChI=1S/C16H26N4O/c1-21-15-8-7-14(17)16(18-15)20-11-9-19(10-12-20)13-5-3-2-4-6-13/h7-8,13H,2-6,9-12,17H2,1H3. The highest BCUT2D eigenvalue weighted by Gasteiger charge is 2.26. The first-order valence-corrected chi connectivity index (χ1v) is 8.07. The summed E-state index contributed by atoms with van der Waals surface area (Å²) in [5.41, 5.74) is 6.82. The predicted molar refractivity (Wildman–Crippen MR) is 85.9 cm³/mol. The number of ether oxygens (including phenoxy) is 1. The van der Waals surface area contributed by atoms with Crippen LogP contribution in [0.25, 0.3) is 0 Å². The van der Waals surface area contributed by atoms with Gasteiger partial charge >= 0.3 is 0 Å². The molecular weight excluding hydrogens is 264 g/mol. The van der Waals surface area contributed by atoms with Crippen molar-refractivity contribution in [1.29, 1.82) is 0 Å². The number of pyridine rings is 1. The first kappa shape index (κ1) is 14.4. The summed E-state index contributed by atoms with van der Waals surface area (Å²) < 4.78 is 5.21. The Balaban J connectivity index is 1.62. The number of anilines is 2. The van der Waals surface area contributed by atoms with E-state index in [4.69, 9.17) is 10.5 Å². The van der Waals surface area contributed by atoms with Gasteiger partial charge in [-0.2, -0.15) is 4.98 Å². The molecular formula is C16H26N4O. The zero-order chi connectivity index (χ0) is 14.7. The first-order valence-electron chi connectivity index (χ1n) is 8.07. The van der Waals surface area contributed by atoms with Gasteiger partial charge in [0, 0.05) is 38.3 Å². The van der Waals surface area contributed by atoms with E-state index in [9.17, 15) is 0 Å². The number of hydrogen-bond acceptors (Lipinski definition) is 5. The Hall–Kier alpha value is -1.49. The average Bonchev–Trinajstić information content (AvgIpc) is 2.56. The molecule has 1 aliphatic carbocycles. The molecule has 1 saturated heterocycles. The predicted octanol–water partition coefficient (Wildman–Crippen LogP) is 2.13. The summed E-state index contributed by atoms with van der Waals surface area (Å²) in [6, 6.07) is 4.50. The van der Waals surface area contributed by atoms with E-state index in [1.807, 2.05) is 12.1 Å². The van der Waals surface area contributed by atoms with Crippen LogP contribution < -0.4 is 15.4 Å². The third kappa shape index (κ3) is 3.23. The van der Waals surface area contributed by atoms with Gasteiger partial charge in [-0.05, 0) is 18.9 Å². The van der Waals surface area contributed by atoms with Crippen molar-refractivity contribution in [3.05, 3.63) is 12.1 Å². The Morgan fingerprint density at radius 2 is 1.81 bits per heavy atom. The van der Waals surface area contributed by atoms with Crippen LogP contribution in [0.1, 0.15) is 32.1 Å². The van der Waals surface area contributed by atoms with Crippen molar-refractivity contribution in [3.8, 4) is 5.88 Å². The summed E-state index contributed by atoms with van der Waals surface area (Å²) in [7, 11) is 1.64. The van der Waals surface area contributed by atoms with E-state index < -0.39 is 0 Å². The number of nitrogen functional groups attached to an aromatic ring is 1. The molecule has 0 bridgehead atoms. The van der Waals surface area contributed by atoms with E-state index in [1.165, 1.54) is 32.1 Å². The van der Waals surface area contributed by atoms with Gasteiger partial charge < -0.3 is 15.4 Å². The number of piperazine rings is 1. The molecule has 0 aromatic carbocycles. The molecule has 1 saturated carbocycles. The van der Waals surface area contributed by atoms with Crippen LogP contribution in [0.15, 0.2) is 12.1 Å². The SMILES string of the molecule is COc1ccc(N)c(N2CCN(C3CCCCC3)CC2)n1. The van der Waals surface area contributed by atoms with E-state index in [1.54, 1.807) is 7.11 Å². The highest BCUT2D eigenvalue weighted by atomic mass is 16.5. The second-order valence-electron chi connectivity index (χ2n) is 6.08. The van der Waals surface area contributed by atoms with Gasteiger partial charge in [-0.25, -0.2) is 0 Å². The Kier molecular flexibility index (Phi) is 4.48. The lowest BCUT2D eigenvalue weighted by Crippen LogP contribution is -2.51. The van der Waals surface area contributed by atoms with Gasteiger partial charge in [0.2, 0.25) is 5.88 Å². The Bertz CT molecular complexity index is 465. The zero-order valence-corrected chi connectivity index (χ0v) is 12.9. The molecule has 0 amide bonds. The maximum absolute atomic E-state index is 6.08. The molecule has 5 nitrogen and oxygen atoms in total. The van der Waals surface area contributed by atoms with Crippen molar-refractivity contribution < 1.29 is 4.74 Å². The van der Waals surface area contributed by atoms with Crippen LogP contribution >= 0.6 is 0 Å². The molecule has 0 radical (unpaired) electrons. The molecule has 116 valence electrons. The molecule has 1 aromatic heterocycles. The normalized spacial score (nSPS) is 21.5. The van der Waals surface area contributed by atoms with E-state index >= 15 is 0 Å². The fourth-order valence-electron chi connectivity index (χ4n) is 3.55. The monoisotopic (exact) mass is 290 g/mol. The molecule has 3 rings (SSSR count). The number of aromatic nitrogens is 1. The molecule has 2 aliphatic rings. The van der Waals surface area contributed by atoms with Crippen molar-refractivity contribution in [2.24, 2.45) is 0 Å². The summed E-state index contributed by atoms with van der Waals surface area (Å²) in [5, 5.41) is 0. The van der Waals surface area contributed by atoms with Crippen molar-refractivity contribution in [3.63, 3.8) is 0 Å². The van der Waals surface area contributed by atoms with Crippen LogP contribution in [0.3, 0.4) is 0 Å². The quantitative estimate of drug-likeness (QED) is 0.924. The number of nitrogens with zero attached hydrogens (tertiary/aromatic N) is 3. The Labute approximate surface area is 127 Å². The van der Waals surface area contributed by atoms with Crippen molar-refractivity contribution in [1.82, 2.24) is 9.88 Å². The van der Waals surface area contributed by atoms with Crippen LogP contribution in [0.5, 0.6) is 5.88 Å². The molecule has 2 heterocycles. The van der Waals surface area contributed by atoms with Gasteiger partial charge in [-0.1, -0.05) is 19.3 Å². The fraction of sp³-hybridized carbons (Fsp3) is 0.688. The van der Waals surface area contributed by atoms with E-state index in [2.05, 4.69) is 14.8 Å². The summed E-state index contributed by atoms with van der Waals surface area (Å²) in [6.45, 7) is 4.23. The molecule has 5 heteroatoms. The number of hydrogen-bond donors (Lipinski definition) is 1. The molecule has 21 heavy (non-hydrogen) atoms. The van der Waals surface area contributed by atoms with Crippen molar-refractivity contribution in [2.75, 3.05) is 43.9 Å². The highest BCUT2D eigenvalue weighted by Crippen LogP contribution is 2.27. The third-order valence-corrected chi connectivity index (χ3v) is 4.79.